The average Bonchev–Trinajstić information content (AvgIpc) is 3.04. The summed E-state index contributed by atoms with van der Waals surface area (Å²) in [5, 5.41) is 19.1. The molecule has 11 nitrogen and oxygen atoms in total. The van der Waals surface area contributed by atoms with Crippen LogP contribution >= 0.6 is 11.8 Å². The third kappa shape index (κ3) is 6.78. The summed E-state index contributed by atoms with van der Waals surface area (Å²) in [4.78, 5) is 49.9. The van der Waals surface area contributed by atoms with Crippen molar-refractivity contribution in [2.24, 2.45) is 0 Å². The zero-order valence-electron chi connectivity index (χ0n) is 23.7. The molecule has 6 rings (SSSR count). The van der Waals surface area contributed by atoms with E-state index in [9.17, 15) is 29.4 Å². The first-order valence-electron chi connectivity index (χ1n) is 13.5. The molecular weight excluding hydrogens is 616 g/mol. The van der Waals surface area contributed by atoms with Crippen molar-refractivity contribution in [1.82, 2.24) is 0 Å². The van der Waals surface area contributed by atoms with E-state index in [4.69, 9.17) is 18.3 Å². The summed E-state index contributed by atoms with van der Waals surface area (Å²) in [6, 6.07) is 26.4. The Morgan fingerprint density at radius 2 is 1.00 bits per heavy atom. The van der Waals surface area contributed by atoms with Crippen LogP contribution in [0.25, 0.3) is 21.9 Å². The van der Waals surface area contributed by atoms with Crippen LogP contribution in [0, 0.1) is 0 Å². The molecule has 0 fully saturated rings. The van der Waals surface area contributed by atoms with Crippen LogP contribution in [0.4, 0.5) is 0 Å². The number of ether oxygens (including phenoxy) is 2. The topological polar surface area (TPSA) is 185 Å². The van der Waals surface area contributed by atoms with Crippen molar-refractivity contribution >= 4 is 45.6 Å². The van der Waals surface area contributed by atoms with Crippen molar-refractivity contribution in [2.45, 2.75) is 23.0 Å². The molecule has 0 spiro atoms. The highest BCUT2D eigenvalue weighted by Crippen LogP contribution is 2.43. The summed E-state index contributed by atoms with van der Waals surface area (Å²) >= 11 is 1.14. The summed E-state index contributed by atoms with van der Waals surface area (Å²) in [5.74, 6) is -3.24. The van der Waals surface area contributed by atoms with E-state index in [1.165, 1.54) is 24.3 Å². The molecule has 0 unspecified atom stereocenters. The van der Waals surface area contributed by atoms with E-state index >= 15 is 0 Å². The molecule has 46 heavy (non-hydrogen) atoms. The number of carboxylic acids is 2. The van der Waals surface area contributed by atoms with Gasteiger partial charge in [-0.1, -0.05) is 72.4 Å². The number of aromatic carboxylic acids is 2. The molecule has 0 saturated heterocycles. The molecule has 0 saturated carbocycles. The molecule has 2 heterocycles. The summed E-state index contributed by atoms with van der Waals surface area (Å²) in [6.45, 7) is 0.304. The van der Waals surface area contributed by atoms with Gasteiger partial charge in [0, 0.05) is 24.3 Å². The molecule has 0 bridgehead atoms. The Hall–Kier alpha value is -5.85. The number of hydrogen-bond acceptors (Lipinski definition) is 9. The van der Waals surface area contributed by atoms with Gasteiger partial charge in [-0.2, -0.15) is 0 Å². The minimum Gasteiger partial charge on any atom is -0.488 e. The lowest BCUT2D eigenvalue weighted by Gasteiger charge is -2.16. The van der Waals surface area contributed by atoms with Crippen molar-refractivity contribution < 1.29 is 43.6 Å². The van der Waals surface area contributed by atoms with Gasteiger partial charge < -0.3 is 34.0 Å². The molecule has 0 aliphatic rings. The van der Waals surface area contributed by atoms with Gasteiger partial charge in [0.05, 0.1) is 20.6 Å². The predicted molar refractivity (Wildman–Crippen MR) is 168 cm³/mol. The molecular formula is C34H24O11S. The Morgan fingerprint density at radius 1 is 0.609 bits per heavy atom. The summed E-state index contributed by atoms with van der Waals surface area (Å²) < 4.78 is 23.3. The van der Waals surface area contributed by atoms with E-state index in [0.29, 0.717) is 9.79 Å². The Bertz CT molecular complexity index is 2030. The van der Waals surface area contributed by atoms with Crippen molar-refractivity contribution in [1.29, 1.82) is 0 Å². The normalized spacial score (nSPS) is 10.8. The van der Waals surface area contributed by atoms with E-state index < -0.39 is 34.3 Å². The Balaban J connectivity index is 0.00000417. The van der Waals surface area contributed by atoms with Crippen molar-refractivity contribution in [3.8, 4) is 11.5 Å². The maximum atomic E-state index is 12.9. The number of hydrogen-bond donors (Lipinski definition) is 2. The zero-order chi connectivity index (χ0) is 31.5. The van der Waals surface area contributed by atoms with Gasteiger partial charge in [0.1, 0.15) is 35.9 Å². The first-order valence-corrected chi connectivity index (χ1v) is 14.3. The first kappa shape index (κ1) is 31.6. The Labute approximate surface area is 263 Å². The summed E-state index contributed by atoms with van der Waals surface area (Å²) in [7, 11) is 0. The van der Waals surface area contributed by atoms with Gasteiger partial charge >= 0.3 is 11.9 Å². The summed E-state index contributed by atoms with van der Waals surface area (Å²) in [6.07, 6.45) is 0. The van der Waals surface area contributed by atoms with Crippen LogP contribution < -0.4 is 20.3 Å². The highest BCUT2D eigenvalue weighted by molar-refractivity contribution is 7.99. The molecule has 4 aromatic carbocycles. The minimum atomic E-state index is -1.39. The highest BCUT2D eigenvalue weighted by Gasteiger charge is 2.20. The van der Waals surface area contributed by atoms with Gasteiger partial charge in [0.25, 0.3) is 0 Å². The van der Waals surface area contributed by atoms with Crippen LogP contribution in [-0.4, -0.2) is 27.6 Å². The van der Waals surface area contributed by atoms with E-state index in [0.717, 1.165) is 35.0 Å². The molecule has 12 heteroatoms. The minimum absolute atomic E-state index is 0. The average molecular weight is 641 g/mol. The second kappa shape index (κ2) is 13.4. The SMILES string of the molecule is O.O=C(O)c1cc(=O)c2cc(Sc3cc4c(=O)cc(C(=O)O)oc4cc3OCc3ccccc3)c(OCc3ccccc3)cc2o1. The lowest BCUT2D eigenvalue weighted by atomic mass is 10.2. The van der Waals surface area contributed by atoms with Crippen LogP contribution in [0.15, 0.2) is 125 Å². The molecule has 6 aromatic rings. The van der Waals surface area contributed by atoms with Crippen LogP contribution in [0.3, 0.4) is 0 Å². The predicted octanol–water partition coefficient (Wildman–Crippen LogP) is 5.78. The molecule has 0 aliphatic heterocycles. The highest BCUT2D eigenvalue weighted by atomic mass is 32.2. The smallest absolute Gasteiger partial charge is 0.371 e. The molecule has 0 atom stereocenters. The van der Waals surface area contributed by atoms with Crippen LogP contribution in [0.5, 0.6) is 11.5 Å². The quantitative estimate of drug-likeness (QED) is 0.185. The molecule has 0 aliphatic carbocycles. The zero-order valence-corrected chi connectivity index (χ0v) is 24.5. The van der Waals surface area contributed by atoms with Gasteiger partial charge in [0.2, 0.25) is 11.5 Å². The number of benzene rings is 4. The number of fused-ring (bicyclic) bond motifs is 2. The molecule has 232 valence electrons. The second-order valence-electron chi connectivity index (χ2n) is 9.80. The van der Waals surface area contributed by atoms with Gasteiger partial charge in [0.15, 0.2) is 10.9 Å². The lowest BCUT2D eigenvalue weighted by molar-refractivity contribution is 0.0653. The maximum Gasteiger partial charge on any atom is 0.371 e. The Morgan fingerprint density at radius 3 is 1.37 bits per heavy atom. The van der Waals surface area contributed by atoms with E-state index in [1.54, 1.807) is 0 Å². The fraction of sp³-hybridized carbons (Fsp3) is 0.0588. The first-order chi connectivity index (χ1) is 21.7. The van der Waals surface area contributed by atoms with Crippen molar-refractivity contribution in [3.63, 3.8) is 0 Å². The molecule has 4 N–H and O–H groups in total. The largest absolute Gasteiger partial charge is 0.488 e. The molecule has 0 radical (unpaired) electrons. The summed E-state index contributed by atoms with van der Waals surface area (Å²) in [5.41, 5.74) is 0.635. The van der Waals surface area contributed by atoms with E-state index in [-0.39, 0.29) is 52.1 Å². The van der Waals surface area contributed by atoms with Gasteiger partial charge in [-0.15, -0.1) is 0 Å². The van der Waals surface area contributed by atoms with E-state index in [1.807, 2.05) is 60.7 Å². The van der Waals surface area contributed by atoms with Crippen LogP contribution in [-0.2, 0) is 13.2 Å². The molecule has 2 aromatic heterocycles. The third-order valence-corrected chi connectivity index (χ3v) is 7.78. The van der Waals surface area contributed by atoms with Crippen LogP contribution in [0.1, 0.15) is 32.2 Å². The third-order valence-electron chi connectivity index (χ3n) is 6.70. The van der Waals surface area contributed by atoms with Gasteiger partial charge in [-0.25, -0.2) is 9.59 Å². The van der Waals surface area contributed by atoms with E-state index in [2.05, 4.69) is 0 Å². The number of carbonyl (C=O) groups is 2. The second-order valence-corrected chi connectivity index (χ2v) is 10.9. The maximum absolute atomic E-state index is 12.9. The Kier molecular flexibility index (Phi) is 9.21. The fourth-order valence-electron chi connectivity index (χ4n) is 4.51. The van der Waals surface area contributed by atoms with Crippen molar-refractivity contribution in [3.05, 3.63) is 140 Å². The van der Waals surface area contributed by atoms with Crippen molar-refractivity contribution in [2.75, 3.05) is 0 Å². The van der Waals surface area contributed by atoms with Gasteiger partial charge in [-0.3, -0.25) is 9.59 Å². The fourth-order valence-corrected chi connectivity index (χ4v) is 5.54. The van der Waals surface area contributed by atoms with Crippen LogP contribution in [0.2, 0.25) is 0 Å². The molecule has 0 amide bonds. The number of rotatable bonds is 10. The number of carboxylic acid groups (broad SMARTS) is 2. The standard InChI is InChI=1S/C34H22O10S.H2O/c35-23-13-29(33(37)38)43-25-15-27(41-17-19-7-3-1-4-8-19)31(11-21(23)25)45-32-12-22-24(36)14-30(34(39)40)44-26(22)16-28(32)42-18-20-9-5-2-6-10-20;/h1-16H,17-18H2,(H,37,38)(H,39,40);1H2. The van der Waals surface area contributed by atoms with Gasteiger partial charge in [-0.05, 0) is 23.3 Å². The lowest BCUT2D eigenvalue weighted by Crippen LogP contribution is -2.07. The monoisotopic (exact) mass is 640 g/mol.